The van der Waals surface area contributed by atoms with E-state index in [-0.39, 0.29) is 30.7 Å². The molecule has 5 rings (SSSR count). The summed E-state index contributed by atoms with van der Waals surface area (Å²) in [4.78, 5) is 56.0. The van der Waals surface area contributed by atoms with E-state index in [2.05, 4.69) is 20.9 Å². The van der Waals surface area contributed by atoms with Gasteiger partial charge in [-0.3, -0.25) is 19.7 Å². The number of ether oxygens (including phenoxy) is 1. The number of furan rings is 1. The maximum absolute atomic E-state index is 13.1. The number of fused-ring (bicyclic) bond motifs is 2. The molecule has 0 bridgehead atoms. The Balaban J connectivity index is 1.50. The molecule has 3 aliphatic rings. The second-order valence-corrected chi connectivity index (χ2v) is 8.05. The topological polar surface area (TPSA) is 142 Å². The number of rotatable bonds is 5. The Labute approximate surface area is 188 Å². The van der Waals surface area contributed by atoms with Gasteiger partial charge in [-0.25, -0.2) is 9.79 Å². The van der Waals surface area contributed by atoms with Gasteiger partial charge in [-0.2, -0.15) is 0 Å². The quantitative estimate of drug-likeness (QED) is 0.573. The third-order valence-corrected chi connectivity index (χ3v) is 6.11. The lowest BCUT2D eigenvalue weighted by molar-refractivity contribution is -0.125. The molecule has 1 saturated heterocycles. The average molecular weight is 451 g/mol. The summed E-state index contributed by atoms with van der Waals surface area (Å²) in [6.07, 6.45) is 0.800. The second-order valence-electron chi connectivity index (χ2n) is 8.05. The minimum absolute atomic E-state index is 0.140. The minimum atomic E-state index is -1.63. The van der Waals surface area contributed by atoms with Gasteiger partial charge in [0.05, 0.1) is 13.7 Å². The number of carbonyl (C=O) groups is 4. The smallest absolute Gasteiger partial charge is 0.322 e. The monoisotopic (exact) mass is 451 g/mol. The summed E-state index contributed by atoms with van der Waals surface area (Å²) in [6.45, 7) is 0.126. The molecular formula is C22H21N5O6. The minimum Gasteiger partial charge on any atom is -0.497 e. The largest absolute Gasteiger partial charge is 0.497 e. The summed E-state index contributed by atoms with van der Waals surface area (Å²) < 4.78 is 11.2. The Hall–Kier alpha value is -4.15. The van der Waals surface area contributed by atoms with Crippen LogP contribution < -0.4 is 20.7 Å². The van der Waals surface area contributed by atoms with Crippen molar-refractivity contribution in [3.63, 3.8) is 0 Å². The highest BCUT2D eigenvalue weighted by Gasteiger charge is 2.53. The molecule has 0 saturated carbocycles. The van der Waals surface area contributed by atoms with Crippen LogP contribution in [-0.4, -0.2) is 55.1 Å². The maximum atomic E-state index is 13.1. The van der Waals surface area contributed by atoms with E-state index in [0.29, 0.717) is 41.3 Å². The first-order chi connectivity index (χ1) is 15.8. The second kappa shape index (κ2) is 7.47. The molecule has 5 amide bonds. The zero-order valence-corrected chi connectivity index (χ0v) is 18.0. The van der Waals surface area contributed by atoms with Crippen LogP contribution >= 0.6 is 0 Å². The van der Waals surface area contributed by atoms with Crippen molar-refractivity contribution in [2.75, 3.05) is 20.7 Å². The first kappa shape index (κ1) is 20.7. The molecule has 0 radical (unpaired) electrons. The van der Waals surface area contributed by atoms with E-state index in [4.69, 9.17) is 9.15 Å². The van der Waals surface area contributed by atoms with Gasteiger partial charge in [0, 0.05) is 38.1 Å². The SMILES string of the molecule is CNC(=O)C1=Nc2cc(C3(CN4Cc5ccc(OC)cc5C4=O)NC(=O)NC3=O)oc2CC1. The molecule has 2 aromatic rings. The Morgan fingerprint density at radius 2 is 2.09 bits per heavy atom. The molecule has 1 unspecified atom stereocenters. The van der Waals surface area contributed by atoms with Crippen LogP contribution in [0.4, 0.5) is 10.5 Å². The molecular weight excluding hydrogens is 430 g/mol. The number of benzene rings is 1. The van der Waals surface area contributed by atoms with Crippen LogP contribution in [0.1, 0.15) is 33.9 Å². The fourth-order valence-electron chi connectivity index (χ4n) is 4.38. The Morgan fingerprint density at radius 3 is 2.79 bits per heavy atom. The van der Waals surface area contributed by atoms with Crippen LogP contribution in [0.15, 0.2) is 33.7 Å². The van der Waals surface area contributed by atoms with Gasteiger partial charge >= 0.3 is 6.03 Å². The van der Waals surface area contributed by atoms with E-state index in [1.807, 2.05) is 0 Å². The Kier molecular flexibility index (Phi) is 4.69. The van der Waals surface area contributed by atoms with Crippen LogP contribution in [0, 0.1) is 0 Å². The number of carbonyl (C=O) groups excluding carboxylic acids is 4. The van der Waals surface area contributed by atoms with Gasteiger partial charge in [0.25, 0.3) is 17.7 Å². The molecule has 0 aliphatic carbocycles. The number of imide groups is 1. The highest BCUT2D eigenvalue weighted by Crippen LogP contribution is 2.38. The van der Waals surface area contributed by atoms with E-state index in [9.17, 15) is 19.2 Å². The average Bonchev–Trinajstić information content (AvgIpc) is 3.46. The van der Waals surface area contributed by atoms with Crippen molar-refractivity contribution < 1.29 is 28.3 Å². The first-order valence-corrected chi connectivity index (χ1v) is 10.4. The summed E-state index contributed by atoms with van der Waals surface area (Å²) in [5.74, 6) is 0.00435. The summed E-state index contributed by atoms with van der Waals surface area (Å²) in [5.41, 5.74) is 0.417. The summed E-state index contributed by atoms with van der Waals surface area (Å²) in [6, 6.07) is 6.07. The van der Waals surface area contributed by atoms with Crippen molar-refractivity contribution in [3.05, 3.63) is 46.9 Å². The van der Waals surface area contributed by atoms with Crippen molar-refractivity contribution in [2.24, 2.45) is 4.99 Å². The van der Waals surface area contributed by atoms with Crippen molar-refractivity contribution in [3.8, 4) is 5.75 Å². The maximum Gasteiger partial charge on any atom is 0.322 e. The molecule has 11 heteroatoms. The number of hydrogen-bond donors (Lipinski definition) is 3. The molecule has 0 spiro atoms. The van der Waals surface area contributed by atoms with Crippen LogP contribution in [0.5, 0.6) is 5.75 Å². The molecule has 1 aromatic carbocycles. The standard InChI is InChI=1S/C22H21N5O6/c1-23-18(28)14-5-6-16-15(24-14)8-17(33-16)22(20(30)25-21(31)26-22)10-27-9-11-3-4-12(32-2)7-13(11)19(27)29/h3-4,7-8H,5-6,9-10H2,1-2H3,(H,23,28)(H2,25,26,30,31). The predicted octanol–water partition coefficient (Wildman–Crippen LogP) is 0.744. The first-order valence-electron chi connectivity index (χ1n) is 10.4. The van der Waals surface area contributed by atoms with Crippen molar-refractivity contribution in [2.45, 2.75) is 24.9 Å². The number of hydrogen-bond acceptors (Lipinski definition) is 7. The fourth-order valence-corrected chi connectivity index (χ4v) is 4.38. The van der Waals surface area contributed by atoms with Crippen LogP contribution in [0.2, 0.25) is 0 Å². The van der Waals surface area contributed by atoms with Gasteiger partial charge in [-0.15, -0.1) is 0 Å². The Bertz CT molecular complexity index is 1250. The normalized spacial score (nSPS) is 21.2. The number of aryl methyl sites for hydroxylation is 1. The molecule has 1 aromatic heterocycles. The Morgan fingerprint density at radius 1 is 1.27 bits per heavy atom. The van der Waals surface area contributed by atoms with Crippen LogP contribution in [-0.2, 0) is 28.1 Å². The van der Waals surface area contributed by atoms with Gasteiger partial charge in [-0.05, 0) is 17.7 Å². The number of methoxy groups -OCH3 is 1. The zero-order valence-electron chi connectivity index (χ0n) is 18.0. The van der Waals surface area contributed by atoms with Crippen molar-refractivity contribution in [1.82, 2.24) is 20.9 Å². The molecule has 11 nitrogen and oxygen atoms in total. The predicted molar refractivity (Wildman–Crippen MR) is 114 cm³/mol. The molecule has 33 heavy (non-hydrogen) atoms. The summed E-state index contributed by atoms with van der Waals surface area (Å²) in [7, 11) is 3.04. The van der Waals surface area contributed by atoms with Gasteiger partial charge in [-0.1, -0.05) is 6.07 Å². The lowest BCUT2D eigenvalue weighted by atomic mass is 9.95. The molecule has 3 N–H and O–H groups in total. The van der Waals surface area contributed by atoms with Crippen LogP contribution in [0.25, 0.3) is 0 Å². The number of aliphatic imine (C=N–C) groups is 1. The van der Waals surface area contributed by atoms with E-state index in [1.54, 1.807) is 24.3 Å². The lowest BCUT2D eigenvalue weighted by Gasteiger charge is -2.29. The van der Waals surface area contributed by atoms with Gasteiger partial charge in [0.15, 0.2) is 5.54 Å². The highest BCUT2D eigenvalue weighted by molar-refractivity contribution is 6.39. The van der Waals surface area contributed by atoms with E-state index in [0.717, 1.165) is 5.56 Å². The summed E-state index contributed by atoms with van der Waals surface area (Å²) >= 11 is 0. The van der Waals surface area contributed by atoms with Gasteiger partial charge in [0.1, 0.15) is 28.7 Å². The van der Waals surface area contributed by atoms with Gasteiger partial charge in [0.2, 0.25) is 0 Å². The zero-order chi connectivity index (χ0) is 23.3. The van der Waals surface area contributed by atoms with Gasteiger partial charge < -0.3 is 24.7 Å². The fraction of sp³-hybridized carbons (Fsp3) is 0.318. The van der Waals surface area contributed by atoms with Crippen LogP contribution in [0.3, 0.4) is 0 Å². The number of nitrogens with zero attached hydrogens (tertiary/aromatic N) is 2. The van der Waals surface area contributed by atoms with Crippen molar-refractivity contribution in [1.29, 1.82) is 0 Å². The molecule has 170 valence electrons. The van der Waals surface area contributed by atoms with E-state index < -0.39 is 17.5 Å². The molecule has 1 atom stereocenters. The highest BCUT2D eigenvalue weighted by atomic mass is 16.5. The summed E-state index contributed by atoms with van der Waals surface area (Å²) in [5, 5.41) is 7.43. The van der Waals surface area contributed by atoms with E-state index >= 15 is 0 Å². The van der Waals surface area contributed by atoms with Crippen molar-refractivity contribution >= 4 is 35.2 Å². The molecule has 3 aliphatic heterocycles. The number of amides is 5. The molecule has 1 fully saturated rings. The number of nitrogens with one attached hydrogen (secondary N) is 3. The third-order valence-electron chi connectivity index (χ3n) is 6.11. The molecule has 4 heterocycles. The number of urea groups is 1. The third kappa shape index (κ3) is 3.23. The van der Waals surface area contributed by atoms with E-state index in [1.165, 1.54) is 19.1 Å². The lowest BCUT2D eigenvalue weighted by Crippen LogP contribution is -2.52.